The summed E-state index contributed by atoms with van der Waals surface area (Å²) >= 11 is 0. The van der Waals surface area contributed by atoms with E-state index in [0.717, 1.165) is 29.2 Å². The molecule has 90 valence electrons. The molecule has 0 aromatic heterocycles. The third-order valence-corrected chi connectivity index (χ3v) is 3.07. The summed E-state index contributed by atoms with van der Waals surface area (Å²) in [4.78, 5) is 23.2. The molecular weight excluding hydrogens is 269 g/mol. The standard InChI is InChI=1S/C10H7NO5S.Na.H/c12-9-5-6-10(13)11(9)7-1-3-8(4-2-7)17(14,15)16;;/h1-6H,(H,14,15,16);;. The van der Waals surface area contributed by atoms with Gasteiger partial charge in [-0.3, -0.25) is 14.1 Å². The van der Waals surface area contributed by atoms with Gasteiger partial charge < -0.3 is 0 Å². The first-order valence-electron chi connectivity index (χ1n) is 4.53. The Labute approximate surface area is 125 Å². The summed E-state index contributed by atoms with van der Waals surface area (Å²) in [6.07, 6.45) is 2.25. The fourth-order valence-corrected chi connectivity index (χ4v) is 1.90. The van der Waals surface area contributed by atoms with Crippen LogP contribution in [0.1, 0.15) is 0 Å². The summed E-state index contributed by atoms with van der Waals surface area (Å²) in [6.45, 7) is 0. The van der Waals surface area contributed by atoms with Crippen LogP contribution >= 0.6 is 0 Å². The molecule has 0 aliphatic carbocycles. The Morgan fingerprint density at radius 3 is 1.78 bits per heavy atom. The van der Waals surface area contributed by atoms with E-state index in [-0.39, 0.29) is 40.1 Å². The summed E-state index contributed by atoms with van der Waals surface area (Å²) < 4.78 is 30.3. The zero-order valence-electron chi connectivity index (χ0n) is 8.40. The van der Waals surface area contributed by atoms with Gasteiger partial charge in [0.1, 0.15) is 0 Å². The van der Waals surface area contributed by atoms with Crippen molar-refractivity contribution in [3.05, 3.63) is 36.4 Å². The third-order valence-electron chi connectivity index (χ3n) is 2.20. The van der Waals surface area contributed by atoms with Crippen LogP contribution in [-0.4, -0.2) is 54.3 Å². The molecule has 1 aliphatic heterocycles. The molecule has 6 nitrogen and oxygen atoms in total. The molecule has 0 atom stereocenters. The van der Waals surface area contributed by atoms with E-state index in [1.807, 2.05) is 0 Å². The number of amides is 2. The van der Waals surface area contributed by atoms with E-state index >= 15 is 0 Å². The topological polar surface area (TPSA) is 91.8 Å². The average molecular weight is 277 g/mol. The van der Waals surface area contributed by atoms with Crippen LogP contribution in [0.3, 0.4) is 0 Å². The molecule has 0 radical (unpaired) electrons. The van der Waals surface area contributed by atoms with Gasteiger partial charge in [0.2, 0.25) is 0 Å². The number of nitrogens with zero attached hydrogens (tertiary/aromatic N) is 1. The third kappa shape index (κ3) is 2.88. The fraction of sp³-hybridized carbons (Fsp3) is 0. The summed E-state index contributed by atoms with van der Waals surface area (Å²) in [5.74, 6) is -0.982. The number of rotatable bonds is 2. The molecule has 1 heterocycles. The first-order valence-corrected chi connectivity index (χ1v) is 5.97. The minimum absolute atomic E-state index is 0. The van der Waals surface area contributed by atoms with E-state index in [1.165, 1.54) is 12.1 Å². The zero-order valence-corrected chi connectivity index (χ0v) is 9.22. The van der Waals surface area contributed by atoms with Crippen LogP contribution in [0.15, 0.2) is 41.3 Å². The Morgan fingerprint density at radius 2 is 1.39 bits per heavy atom. The predicted molar refractivity (Wildman–Crippen MR) is 65.0 cm³/mol. The molecule has 0 saturated carbocycles. The van der Waals surface area contributed by atoms with E-state index in [9.17, 15) is 18.0 Å². The van der Waals surface area contributed by atoms with Gasteiger partial charge in [-0.05, 0) is 24.3 Å². The van der Waals surface area contributed by atoms with E-state index in [2.05, 4.69) is 0 Å². The summed E-state index contributed by atoms with van der Waals surface area (Å²) in [5.41, 5.74) is 0.248. The van der Waals surface area contributed by atoms with Gasteiger partial charge in [0.05, 0.1) is 10.6 Å². The van der Waals surface area contributed by atoms with Crippen LogP contribution in [0.4, 0.5) is 5.69 Å². The second-order valence-corrected chi connectivity index (χ2v) is 4.74. The van der Waals surface area contributed by atoms with Crippen molar-refractivity contribution in [2.24, 2.45) is 0 Å². The Bertz CT molecular complexity index is 602. The van der Waals surface area contributed by atoms with Gasteiger partial charge in [-0.2, -0.15) is 8.42 Å². The van der Waals surface area contributed by atoms with E-state index in [1.54, 1.807) is 0 Å². The van der Waals surface area contributed by atoms with E-state index < -0.39 is 21.9 Å². The van der Waals surface area contributed by atoms with Crippen LogP contribution in [0.5, 0.6) is 0 Å². The predicted octanol–water partition coefficient (Wildman–Crippen LogP) is -0.286. The summed E-state index contributed by atoms with van der Waals surface area (Å²) in [7, 11) is -4.27. The number of benzene rings is 1. The first kappa shape index (κ1) is 15.1. The van der Waals surface area contributed by atoms with Crippen molar-refractivity contribution in [3.63, 3.8) is 0 Å². The van der Waals surface area contributed by atoms with Crippen LogP contribution < -0.4 is 4.90 Å². The molecule has 18 heavy (non-hydrogen) atoms. The Hall–Kier alpha value is -0.990. The van der Waals surface area contributed by atoms with Crippen molar-refractivity contribution in [2.75, 3.05) is 4.90 Å². The summed E-state index contributed by atoms with van der Waals surface area (Å²) in [5, 5.41) is 0. The van der Waals surface area contributed by atoms with Crippen molar-refractivity contribution < 1.29 is 22.6 Å². The molecular formula is C10H8NNaO5S. The van der Waals surface area contributed by atoms with Crippen LogP contribution in [0, 0.1) is 0 Å². The number of hydrogen-bond acceptors (Lipinski definition) is 4. The molecule has 1 aliphatic rings. The van der Waals surface area contributed by atoms with Crippen LogP contribution in [0.25, 0.3) is 0 Å². The van der Waals surface area contributed by atoms with Gasteiger partial charge in [0.15, 0.2) is 0 Å². The quantitative estimate of drug-likeness (QED) is 0.456. The zero-order chi connectivity index (χ0) is 12.6. The number of carbonyl (C=O) groups is 2. The number of imide groups is 1. The van der Waals surface area contributed by atoms with Gasteiger partial charge in [0, 0.05) is 12.2 Å². The average Bonchev–Trinajstić information content (AvgIpc) is 2.58. The van der Waals surface area contributed by atoms with E-state index in [0.29, 0.717) is 0 Å². The second kappa shape index (κ2) is 5.33. The minimum atomic E-state index is -4.27. The maximum absolute atomic E-state index is 11.3. The fourth-order valence-electron chi connectivity index (χ4n) is 1.42. The Balaban J connectivity index is 0.00000162. The normalized spacial score (nSPS) is 14.8. The Morgan fingerprint density at radius 1 is 0.944 bits per heavy atom. The monoisotopic (exact) mass is 277 g/mol. The molecule has 0 saturated heterocycles. The first-order chi connectivity index (χ1) is 7.89. The van der Waals surface area contributed by atoms with Crippen molar-refractivity contribution in [3.8, 4) is 0 Å². The van der Waals surface area contributed by atoms with Crippen LogP contribution in [-0.2, 0) is 19.7 Å². The molecule has 1 aromatic carbocycles. The second-order valence-electron chi connectivity index (χ2n) is 3.31. The SMILES string of the molecule is O=C1C=CC(=O)N1c1ccc(S(=O)(=O)O)cc1.[NaH]. The van der Waals surface area contributed by atoms with Gasteiger partial charge in [0.25, 0.3) is 21.9 Å². The molecule has 1 aromatic rings. The van der Waals surface area contributed by atoms with Crippen LogP contribution in [0.2, 0.25) is 0 Å². The van der Waals surface area contributed by atoms with Crippen molar-refractivity contribution in [2.45, 2.75) is 4.90 Å². The molecule has 2 rings (SSSR count). The molecule has 2 amide bonds. The van der Waals surface area contributed by atoms with Crippen molar-refractivity contribution in [1.29, 1.82) is 0 Å². The molecule has 0 fully saturated rings. The van der Waals surface area contributed by atoms with Crippen molar-refractivity contribution >= 4 is 57.2 Å². The number of anilines is 1. The van der Waals surface area contributed by atoms with Gasteiger partial charge >= 0.3 is 29.6 Å². The molecule has 0 bridgehead atoms. The van der Waals surface area contributed by atoms with Gasteiger partial charge in [-0.15, -0.1) is 0 Å². The van der Waals surface area contributed by atoms with Crippen molar-refractivity contribution in [1.82, 2.24) is 0 Å². The molecule has 0 spiro atoms. The molecule has 1 N–H and O–H groups in total. The van der Waals surface area contributed by atoms with Gasteiger partial charge in [-0.25, -0.2) is 4.90 Å². The summed E-state index contributed by atoms with van der Waals surface area (Å²) in [6, 6.07) is 4.77. The maximum atomic E-state index is 11.3. The number of hydrogen-bond donors (Lipinski definition) is 1. The molecule has 0 unspecified atom stereocenters. The number of carbonyl (C=O) groups excluding carboxylic acids is 2. The van der Waals surface area contributed by atoms with E-state index in [4.69, 9.17) is 4.55 Å². The Kier molecular flexibility index (Phi) is 4.46. The van der Waals surface area contributed by atoms with Gasteiger partial charge in [-0.1, -0.05) is 0 Å². The molecule has 8 heteroatoms.